The number of aromatic nitrogens is 1. The molecule has 1 aliphatic carbocycles. The Morgan fingerprint density at radius 2 is 2.24 bits per heavy atom. The second-order valence-electron chi connectivity index (χ2n) is 5.11. The zero-order chi connectivity index (χ0) is 14.7. The minimum Gasteiger partial charge on any atom is -0.461 e. The highest BCUT2D eigenvalue weighted by Crippen LogP contribution is 2.25. The Balaban J connectivity index is 1.64. The summed E-state index contributed by atoms with van der Waals surface area (Å²) in [6, 6.07) is 8.95. The van der Waals surface area contributed by atoms with Crippen molar-refractivity contribution >= 4 is 22.4 Å². The summed E-state index contributed by atoms with van der Waals surface area (Å²) in [6.07, 6.45) is 3.18. The number of benzene rings is 1. The fourth-order valence-electron chi connectivity index (χ4n) is 2.63. The minimum atomic E-state index is -0.351. The number of nitrogens with one attached hydrogen (secondary N) is 1. The van der Waals surface area contributed by atoms with Gasteiger partial charge in [-0.3, -0.25) is 0 Å². The van der Waals surface area contributed by atoms with Gasteiger partial charge in [0.1, 0.15) is 0 Å². The number of ether oxygens (including phenoxy) is 1. The first-order valence-corrected chi connectivity index (χ1v) is 8.10. The van der Waals surface area contributed by atoms with Crippen LogP contribution in [0, 0.1) is 0 Å². The maximum absolute atomic E-state index is 11.6. The zero-order valence-electron chi connectivity index (χ0n) is 12.0. The lowest BCUT2D eigenvalue weighted by molar-refractivity contribution is 0.0520. The number of carbonyl (C=O) groups excluding carboxylic acids is 1. The van der Waals surface area contributed by atoms with Crippen LogP contribution in [-0.4, -0.2) is 23.6 Å². The van der Waals surface area contributed by atoms with E-state index in [0.717, 1.165) is 24.4 Å². The molecule has 0 saturated heterocycles. The van der Waals surface area contributed by atoms with Crippen molar-refractivity contribution in [1.82, 2.24) is 4.98 Å². The van der Waals surface area contributed by atoms with Gasteiger partial charge >= 0.3 is 5.97 Å². The fraction of sp³-hybridized carbons (Fsp3) is 0.375. The number of thiazole rings is 1. The lowest BCUT2D eigenvalue weighted by atomic mass is 9.88. The highest BCUT2D eigenvalue weighted by Gasteiger charge is 2.19. The van der Waals surface area contributed by atoms with E-state index in [0.29, 0.717) is 18.3 Å². The van der Waals surface area contributed by atoms with Crippen molar-refractivity contribution in [3.63, 3.8) is 0 Å². The van der Waals surface area contributed by atoms with Crippen molar-refractivity contribution in [3.8, 4) is 0 Å². The van der Waals surface area contributed by atoms with E-state index in [1.165, 1.54) is 22.5 Å². The number of hydrogen-bond donors (Lipinski definition) is 1. The van der Waals surface area contributed by atoms with Gasteiger partial charge in [0.15, 0.2) is 10.8 Å². The molecule has 0 bridgehead atoms. The number of hydrogen-bond acceptors (Lipinski definition) is 5. The monoisotopic (exact) mass is 302 g/mol. The van der Waals surface area contributed by atoms with Gasteiger partial charge in [-0.1, -0.05) is 24.3 Å². The third-order valence-electron chi connectivity index (χ3n) is 3.66. The van der Waals surface area contributed by atoms with E-state index in [4.69, 9.17) is 4.74 Å². The number of fused-ring (bicyclic) bond motifs is 1. The van der Waals surface area contributed by atoms with Crippen molar-refractivity contribution in [2.75, 3.05) is 11.9 Å². The van der Waals surface area contributed by atoms with Crippen LogP contribution in [0.5, 0.6) is 0 Å². The first-order valence-electron chi connectivity index (χ1n) is 7.22. The van der Waals surface area contributed by atoms with Crippen LogP contribution in [0.2, 0.25) is 0 Å². The Morgan fingerprint density at radius 1 is 1.43 bits per heavy atom. The predicted molar refractivity (Wildman–Crippen MR) is 83.9 cm³/mol. The molecule has 4 nitrogen and oxygen atoms in total. The van der Waals surface area contributed by atoms with E-state index in [9.17, 15) is 4.79 Å². The van der Waals surface area contributed by atoms with Gasteiger partial charge < -0.3 is 10.1 Å². The van der Waals surface area contributed by atoms with E-state index in [1.54, 1.807) is 12.3 Å². The SMILES string of the molecule is CCOC(=O)c1csc(NC2CCc3ccccc3C2)n1. The van der Waals surface area contributed by atoms with Crippen LogP contribution in [0.15, 0.2) is 29.6 Å². The van der Waals surface area contributed by atoms with Crippen molar-refractivity contribution in [2.45, 2.75) is 32.2 Å². The fourth-order valence-corrected chi connectivity index (χ4v) is 3.39. The van der Waals surface area contributed by atoms with Crippen LogP contribution in [0.4, 0.5) is 5.13 Å². The van der Waals surface area contributed by atoms with Gasteiger partial charge in [0, 0.05) is 11.4 Å². The Hall–Kier alpha value is -1.88. The highest BCUT2D eigenvalue weighted by molar-refractivity contribution is 7.13. The molecule has 0 radical (unpaired) electrons. The molecule has 0 aliphatic heterocycles. The molecule has 2 aromatic rings. The third kappa shape index (κ3) is 3.24. The summed E-state index contributed by atoms with van der Waals surface area (Å²) in [6.45, 7) is 2.17. The smallest absolute Gasteiger partial charge is 0.357 e. The summed E-state index contributed by atoms with van der Waals surface area (Å²) < 4.78 is 4.96. The quantitative estimate of drug-likeness (QED) is 0.881. The summed E-state index contributed by atoms with van der Waals surface area (Å²) >= 11 is 1.46. The van der Waals surface area contributed by atoms with E-state index in [2.05, 4.69) is 34.6 Å². The summed E-state index contributed by atoms with van der Waals surface area (Å²) in [5.41, 5.74) is 3.24. The average molecular weight is 302 g/mol. The minimum absolute atomic E-state index is 0.351. The van der Waals surface area contributed by atoms with Crippen molar-refractivity contribution < 1.29 is 9.53 Å². The molecule has 21 heavy (non-hydrogen) atoms. The molecule has 1 aromatic heterocycles. The molecule has 5 heteroatoms. The Morgan fingerprint density at radius 3 is 3.05 bits per heavy atom. The first-order chi connectivity index (χ1) is 10.3. The Kier molecular flexibility index (Phi) is 4.20. The van der Waals surface area contributed by atoms with Crippen molar-refractivity contribution in [1.29, 1.82) is 0 Å². The summed E-state index contributed by atoms with van der Waals surface area (Å²) in [5.74, 6) is -0.351. The van der Waals surface area contributed by atoms with E-state index < -0.39 is 0 Å². The second-order valence-corrected chi connectivity index (χ2v) is 5.97. The molecule has 110 valence electrons. The third-order valence-corrected chi connectivity index (χ3v) is 4.44. The summed E-state index contributed by atoms with van der Waals surface area (Å²) in [5, 5.41) is 5.98. The molecular weight excluding hydrogens is 284 g/mol. The summed E-state index contributed by atoms with van der Waals surface area (Å²) in [7, 11) is 0. The van der Waals surface area contributed by atoms with Crippen LogP contribution in [0.3, 0.4) is 0 Å². The van der Waals surface area contributed by atoms with Crippen LogP contribution < -0.4 is 5.32 Å². The molecule has 1 aliphatic rings. The average Bonchev–Trinajstić information content (AvgIpc) is 2.96. The maximum atomic E-state index is 11.6. The lowest BCUT2D eigenvalue weighted by Gasteiger charge is -2.25. The normalized spacial score (nSPS) is 17.1. The van der Waals surface area contributed by atoms with E-state index >= 15 is 0 Å². The molecule has 1 aromatic carbocycles. The standard InChI is InChI=1S/C16H18N2O2S/c1-2-20-15(19)14-10-21-16(18-14)17-13-8-7-11-5-3-4-6-12(11)9-13/h3-6,10,13H,2,7-9H2,1H3,(H,17,18). The number of esters is 1. The van der Waals surface area contributed by atoms with Crippen LogP contribution >= 0.6 is 11.3 Å². The molecule has 0 spiro atoms. The molecule has 0 fully saturated rings. The van der Waals surface area contributed by atoms with Gasteiger partial charge in [0.2, 0.25) is 0 Å². The van der Waals surface area contributed by atoms with Crippen molar-refractivity contribution in [2.24, 2.45) is 0 Å². The molecule has 1 N–H and O–H groups in total. The zero-order valence-corrected chi connectivity index (χ0v) is 12.8. The molecule has 1 heterocycles. The van der Waals surface area contributed by atoms with Crippen LogP contribution in [0.25, 0.3) is 0 Å². The molecule has 1 atom stereocenters. The predicted octanol–water partition coefficient (Wildman–Crippen LogP) is 3.29. The number of rotatable bonds is 4. The first kappa shape index (κ1) is 14.1. The highest BCUT2D eigenvalue weighted by atomic mass is 32.1. The van der Waals surface area contributed by atoms with Gasteiger partial charge in [0.05, 0.1) is 6.61 Å². The van der Waals surface area contributed by atoms with Gasteiger partial charge in [-0.05, 0) is 37.3 Å². The molecule has 0 amide bonds. The van der Waals surface area contributed by atoms with Crippen LogP contribution in [0.1, 0.15) is 35.0 Å². The van der Waals surface area contributed by atoms with E-state index in [-0.39, 0.29) is 5.97 Å². The Bertz CT molecular complexity index is 639. The molecule has 1 unspecified atom stereocenters. The number of carbonyl (C=O) groups is 1. The topological polar surface area (TPSA) is 51.2 Å². The van der Waals surface area contributed by atoms with Gasteiger partial charge in [0.25, 0.3) is 0 Å². The van der Waals surface area contributed by atoms with E-state index in [1.807, 2.05) is 0 Å². The van der Waals surface area contributed by atoms with Crippen LogP contribution in [-0.2, 0) is 17.6 Å². The number of aryl methyl sites for hydroxylation is 1. The second kappa shape index (κ2) is 6.26. The molecule has 3 rings (SSSR count). The Labute approximate surface area is 128 Å². The van der Waals surface area contributed by atoms with Gasteiger partial charge in [-0.25, -0.2) is 9.78 Å². The number of anilines is 1. The molecular formula is C16H18N2O2S. The van der Waals surface area contributed by atoms with Gasteiger partial charge in [-0.2, -0.15) is 0 Å². The maximum Gasteiger partial charge on any atom is 0.357 e. The van der Waals surface area contributed by atoms with Gasteiger partial charge in [-0.15, -0.1) is 11.3 Å². The van der Waals surface area contributed by atoms with Crippen molar-refractivity contribution in [3.05, 3.63) is 46.5 Å². The largest absolute Gasteiger partial charge is 0.461 e. The molecule has 0 saturated carbocycles. The number of nitrogens with zero attached hydrogens (tertiary/aromatic N) is 1. The summed E-state index contributed by atoms with van der Waals surface area (Å²) in [4.78, 5) is 15.9. The lowest BCUT2D eigenvalue weighted by Crippen LogP contribution is -2.27.